The molecule has 1 unspecified atom stereocenters. The normalized spacial score (nSPS) is 12.1. The lowest BCUT2D eigenvalue weighted by Crippen LogP contribution is -2.24. The summed E-state index contributed by atoms with van der Waals surface area (Å²) < 4.78 is 19.7. The number of nitrogens with one attached hydrogen (secondary N) is 1. The molecule has 0 spiro atoms. The van der Waals surface area contributed by atoms with E-state index >= 15 is 0 Å². The van der Waals surface area contributed by atoms with Gasteiger partial charge in [-0.25, -0.2) is 4.21 Å². The van der Waals surface area contributed by atoms with E-state index in [1.807, 2.05) is 6.92 Å². The summed E-state index contributed by atoms with van der Waals surface area (Å²) in [6, 6.07) is 6.16. The van der Waals surface area contributed by atoms with Gasteiger partial charge in [-0.3, -0.25) is 4.79 Å². The van der Waals surface area contributed by atoms with Gasteiger partial charge in [-0.15, -0.1) is 0 Å². The Hall–Kier alpha value is -1.20. The Morgan fingerprint density at radius 2 is 2.25 bits per heavy atom. The second-order valence-corrected chi connectivity index (χ2v) is 4.36. The lowest BCUT2D eigenvalue weighted by molar-refractivity contribution is 0.0953. The molecule has 0 heterocycles. The lowest BCUT2D eigenvalue weighted by atomic mass is 10.2. The molecule has 4 nitrogen and oxygen atoms in total. The topological polar surface area (TPSA) is 66.4 Å². The third-order valence-electron chi connectivity index (χ3n) is 2.11. The van der Waals surface area contributed by atoms with Crippen LogP contribution in [-0.2, 0) is 11.1 Å². The minimum atomic E-state index is -2.04. The van der Waals surface area contributed by atoms with Gasteiger partial charge in [0.15, 0.2) is 11.1 Å². The number of hydrogen-bond acceptors (Lipinski definition) is 2. The molecule has 0 saturated carbocycles. The van der Waals surface area contributed by atoms with Crippen LogP contribution in [-0.4, -0.2) is 21.2 Å². The van der Waals surface area contributed by atoms with Crippen molar-refractivity contribution in [2.24, 2.45) is 0 Å². The maximum atomic E-state index is 11.6. The standard InChI is InChI=1S/C11H15NO3S/c1-2-3-7-12-11(13)9-5-4-6-10(8-9)16(14)15/h4-6,8H,2-3,7H2,1H3,(H,12,13)(H,14,15). The highest BCUT2D eigenvalue weighted by Crippen LogP contribution is 2.08. The van der Waals surface area contributed by atoms with E-state index < -0.39 is 11.1 Å². The van der Waals surface area contributed by atoms with E-state index in [1.54, 1.807) is 12.1 Å². The van der Waals surface area contributed by atoms with Crippen molar-refractivity contribution in [2.45, 2.75) is 24.7 Å². The summed E-state index contributed by atoms with van der Waals surface area (Å²) in [5.74, 6) is -0.208. The Labute approximate surface area is 97.3 Å². The maximum Gasteiger partial charge on any atom is 0.251 e. The minimum absolute atomic E-state index is 0.208. The van der Waals surface area contributed by atoms with Gasteiger partial charge in [-0.05, 0) is 24.6 Å². The van der Waals surface area contributed by atoms with Crippen LogP contribution in [0.3, 0.4) is 0 Å². The number of rotatable bonds is 5. The van der Waals surface area contributed by atoms with Crippen LogP contribution >= 0.6 is 0 Å². The van der Waals surface area contributed by atoms with E-state index in [0.29, 0.717) is 12.1 Å². The first-order valence-corrected chi connectivity index (χ1v) is 6.25. The second-order valence-electron chi connectivity index (χ2n) is 3.39. The highest BCUT2D eigenvalue weighted by atomic mass is 32.2. The number of benzene rings is 1. The van der Waals surface area contributed by atoms with E-state index in [9.17, 15) is 9.00 Å². The summed E-state index contributed by atoms with van der Waals surface area (Å²) in [5.41, 5.74) is 0.413. The summed E-state index contributed by atoms with van der Waals surface area (Å²) in [6.45, 7) is 2.67. The first kappa shape index (κ1) is 12.9. The molecular formula is C11H15NO3S. The van der Waals surface area contributed by atoms with Crippen molar-refractivity contribution in [1.82, 2.24) is 5.32 Å². The Kier molecular flexibility index (Phi) is 5.14. The van der Waals surface area contributed by atoms with E-state index in [1.165, 1.54) is 12.1 Å². The second kappa shape index (κ2) is 6.40. The van der Waals surface area contributed by atoms with Gasteiger partial charge in [0.1, 0.15) is 0 Å². The predicted octanol–water partition coefficient (Wildman–Crippen LogP) is 1.80. The SMILES string of the molecule is CCCCNC(=O)c1cccc(S(=O)O)c1. The van der Waals surface area contributed by atoms with Gasteiger partial charge in [0, 0.05) is 12.1 Å². The van der Waals surface area contributed by atoms with Crippen LogP contribution in [0.5, 0.6) is 0 Å². The van der Waals surface area contributed by atoms with E-state index in [-0.39, 0.29) is 10.8 Å². The largest absolute Gasteiger partial charge is 0.352 e. The number of hydrogen-bond donors (Lipinski definition) is 2. The van der Waals surface area contributed by atoms with Crippen LogP contribution in [0.2, 0.25) is 0 Å². The lowest BCUT2D eigenvalue weighted by Gasteiger charge is -2.04. The average molecular weight is 241 g/mol. The molecule has 0 aliphatic carbocycles. The van der Waals surface area contributed by atoms with Gasteiger partial charge in [-0.2, -0.15) is 0 Å². The fourth-order valence-corrected chi connectivity index (χ4v) is 1.65. The molecule has 1 atom stereocenters. The van der Waals surface area contributed by atoms with Crippen molar-refractivity contribution in [3.05, 3.63) is 29.8 Å². The van der Waals surface area contributed by atoms with Crippen molar-refractivity contribution in [3.8, 4) is 0 Å². The molecule has 5 heteroatoms. The molecule has 1 amide bonds. The van der Waals surface area contributed by atoms with E-state index in [0.717, 1.165) is 12.8 Å². The molecule has 0 saturated heterocycles. The fourth-order valence-electron chi connectivity index (χ4n) is 1.23. The Morgan fingerprint density at radius 1 is 1.50 bits per heavy atom. The van der Waals surface area contributed by atoms with Gasteiger partial charge in [0.05, 0.1) is 4.90 Å². The molecular weight excluding hydrogens is 226 g/mol. The Balaban J connectivity index is 2.68. The first-order valence-electron chi connectivity index (χ1n) is 5.14. The summed E-state index contributed by atoms with van der Waals surface area (Å²) in [4.78, 5) is 11.8. The third kappa shape index (κ3) is 3.75. The first-order chi connectivity index (χ1) is 7.65. The third-order valence-corrected chi connectivity index (χ3v) is 2.77. The molecule has 16 heavy (non-hydrogen) atoms. The zero-order chi connectivity index (χ0) is 12.0. The van der Waals surface area contributed by atoms with Crippen molar-refractivity contribution in [3.63, 3.8) is 0 Å². The van der Waals surface area contributed by atoms with Crippen molar-refractivity contribution < 1.29 is 13.6 Å². The van der Waals surface area contributed by atoms with E-state index in [2.05, 4.69) is 5.32 Å². The Bertz CT molecular complexity index is 393. The van der Waals surface area contributed by atoms with Crippen LogP contribution in [0.25, 0.3) is 0 Å². The minimum Gasteiger partial charge on any atom is -0.352 e. The number of carbonyl (C=O) groups is 1. The molecule has 0 bridgehead atoms. The fraction of sp³-hybridized carbons (Fsp3) is 0.364. The van der Waals surface area contributed by atoms with Gasteiger partial charge in [0.2, 0.25) is 0 Å². The summed E-state index contributed by atoms with van der Waals surface area (Å²) in [6.07, 6.45) is 1.94. The molecule has 0 aliphatic heterocycles. The van der Waals surface area contributed by atoms with Gasteiger partial charge < -0.3 is 9.87 Å². The molecule has 88 valence electrons. The molecule has 1 aromatic carbocycles. The monoisotopic (exact) mass is 241 g/mol. The molecule has 1 aromatic rings. The zero-order valence-corrected chi connectivity index (χ0v) is 9.92. The number of unbranched alkanes of at least 4 members (excludes halogenated alkanes) is 1. The average Bonchev–Trinajstić information content (AvgIpc) is 2.29. The predicted molar refractivity (Wildman–Crippen MR) is 62.7 cm³/mol. The van der Waals surface area contributed by atoms with Crippen LogP contribution in [0.1, 0.15) is 30.1 Å². The van der Waals surface area contributed by atoms with Gasteiger partial charge >= 0.3 is 0 Å². The summed E-state index contributed by atoms with van der Waals surface area (Å²) in [5, 5.41) is 2.75. The van der Waals surface area contributed by atoms with Crippen LogP contribution in [0.4, 0.5) is 0 Å². The summed E-state index contributed by atoms with van der Waals surface area (Å²) in [7, 11) is 0. The molecule has 1 rings (SSSR count). The van der Waals surface area contributed by atoms with Crippen LogP contribution in [0, 0.1) is 0 Å². The van der Waals surface area contributed by atoms with Gasteiger partial charge in [0.25, 0.3) is 5.91 Å². The zero-order valence-electron chi connectivity index (χ0n) is 9.10. The summed E-state index contributed by atoms with van der Waals surface area (Å²) >= 11 is -2.04. The number of amides is 1. The van der Waals surface area contributed by atoms with Crippen LogP contribution < -0.4 is 5.32 Å². The molecule has 0 aromatic heterocycles. The maximum absolute atomic E-state index is 11.6. The highest BCUT2D eigenvalue weighted by molar-refractivity contribution is 7.79. The molecule has 0 fully saturated rings. The molecule has 0 radical (unpaired) electrons. The number of carbonyl (C=O) groups excluding carboxylic acids is 1. The quantitative estimate of drug-likeness (QED) is 0.610. The molecule has 0 aliphatic rings. The van der Waals surface area contributed by atoms with Crippen LogP contribution in [0.15, 0.2) is 29.2 Å². The van der Waals surface area contributed by atoms with Crippen molar-refractivity contribution in [2.75, 3.05) is 6.54 Å². The smallest absolute Gasteiger partial charge is 0.251 e. The molecule has 2 N–H and O–H groups in total. The van der Waals surface area contributed by atoms with E-state index in [4.69, 9.17) is 4.55 Å². The Morgan fingerprint density at radius 3 is 2.88 bits per heavy atom. The van der Waals surface area contributed by atoms with Gasteiger partial charge in [-0.1, -0.05) is 19.4 Å². The van der Waals surface area contributed by atoms with Crippen molar-refractivity contribution >= 4 is 17.0 Å². The van der Waals surface area contributed by atoms with Crippen molar-refractivity contribution in [1.29, 1.82) is 0 Å². The highest BCUT2D eigenvalue weighted by Gasteiger charge is 2.07.